The molecule has 0 saturated heterocycles. The third-order valence-corrected chi connectivity index (χ3v) is 6.54. The molecule has 0 fully saturated rings. The number of hydrogen-bond acceptors (Lipinski definition) is 4. The SMILES string of the molecule is O=C([O-])CCCCNC(=O)c1ccc2c3c(ccc2c1)OC(c1ccccc1)(c1ccccc1)C=C3.[Na+]. The first-order valence-electron chi connectivity index (χ1n) is 12.1. The maximum atomic E-state index is 12.6. The topological polar surface area (TPSA) is 78.5 Å². The molecule has 0 aromatic heterocycles. The Bertz CT molecular complexity index is 1390. The van der Waals surface area contributed by atoms with E-state index in [-0.39, 0.29) is 41.9 Å². The maximum absolute atomic E-state index is 12.6. The van der Waals surface area contributed by atoms with Gasteiger partial charge in [0.2, 0.25) is 0 Å². The summed E-state index contributed by atoms with van der Waals surface area (Å²) < 4.78 is 6.76. The number of benzene rings is 4. The van der Waals surface area contributed by atoms with Crippen LogP contribution in [0.5, 0.6) is 5.75 Å². The predicted octanol–water partition coefficient (Wildman–Crippen LogP) is 1.84. The summed E-state index contributed by atoms with van der Waals surface area (Å²) in [7, 11) is 0. The summed E-state index contributed by atoms with van der Waals surface area (Å²) in [6.45, 7) is 0.423. The zero-order valence-electron chi connectivity index (χ0n) is 20.8. The normalized spacial score (nSPS) is 13.2. The summed E-state index contributed by atoms with van der Waals surface area (Å²) in [5.74, 6) is -0.466. The first-order valence-corrected chi connectivity index (χ1v) is 12.1. The fourth-order valence-electron chi connectivity index (χ4n) is 4.69. The molecule has 180 valence electrons. The number of unbranched alkanes of at least 4 members (excludes halogenated alkanes) is 1. The van der Waals surface area contributed by atoms with Crippen molar-refractivity contribution in [1.29, 1.82) is 0 Å². The Balaban J connectivity index is 0.00000320. The zero-order valence-corrected chi connectivity index (χ0v) is 22.8. The molecule has 0 unspecified atom stereocenters. The Morgan fingerprint density at radius 2 is 1.51 bits per heavy atom. The van der Waals surface area contributed by atoms with Gasteiger partial charge in [-0.15, -0.1) is 0 Å². The third-order valence-electron chi connectivity index (χ3n) is 6.54. The van der Waals surface area contributed by atoms with E-state index in [0.717, 1.165) is 33.2 Å². The Hall–Kier alpha value is -3.38. The summed E-state index contributed by atoms with van der Waals surface area (Å²) in [4.78, 5) is 23.1. The fraction of sp³-hybridized carbons (Fsp3) is 0.161. The first kappa shape index (κ1) is 26.7. The number of fused-ring (bicyclic) bond motifs is 3. The van der Waals surface area contributed by atoms with E-state index in [1.54, 1.807) is 0 Å². The van der Waals surface area contributed by atoms with Crippen LogP contribution in [-0.4, -0.2) is 18.4 Å². The van der Waals surface area contributed by atoms with Crippen molar-refractivity contribution < 1.29 is 49.0 Å². The van der Waals surface area contributed by atoms with Crippen LogP contribution in [0, 0.1) is 0 Å². The monoisotopic (exact) mass is 499 g/mol. The van der Waals surface area contributed by atoms with Gasteiger partial charge < -0.3 is 20.0 Å². The number of carbonyl (C=O) groups is 2. The van der Waals surface area contributed by atoms with Gasteiger partial charge in [0.25, 0.3) is 5.91 Å². The maximum Gasteiger partial charge on any atom is 1.00 e. The van der Waals surface area contributed by atoms with Gasteiger partial charge in [0.05, 0.1) is 0 Å². The molecule has 0 saturated carbocycles. The number of rotatable bonds is 8. The van der Waals surface area contributed by atoms with Crippen molar-refractivity contribution in [2.75, 3.05) is 6.54 Å². The number of carbonyl (C=O) groups excluding carboxylic acids is 2. The molecule has 5 rings (SSSR count). The predicted molar refractivity (Wildman–Crippen MR) is 138 cm³/mol. The molecule has 1 heterocycles. The van der Waals surface area contributed by atoms with Crippen LogP contribution in [-0.2, 0) is 10.4 Å². The Morgan fingerprint density at radius 3 is 2.16 bits per heavy atom. The van der Waals surface area contributed by atoms with E-state index in [0.29, 0.717) is 24.9 Å². The number of carboxylic acids is 1. The zero-order chi connectivity index (χ0) is 25.0. The Morgan fingerprint density at radius 1 is 0.838 bits per heavy atom. The van der Waals surface area contributed by atoms with Crippen molar-refractivity contribution >= 4 is 28.7 Å². The van der Waals surface area contributed by atoms with Gasteiger partial charge in [-0.05, 0) is 60.4 Å². The van der Waals surface area contributed by atoms with Crippen molar-refractivity contribution in [3.8, 4) is 5.75 Å². The molecule has 1 aliphatic heterocycles. The van der Waals surface area contributed by atoms with Gasteiger partial charge in [-0.1, -0.05) is 72.8 Å². The van der Waals surface area contributed by atoms with Gasteiger partial charge in [0, 0.05) is 34.8 Å². The van der Waals surface area contributed by atoms with Crippen molar-refractivity contribution in [3.05, 3.63) is 119 Å². The molecule has 1 amide bonds. The van der Waals surface area contributed by atoms with Crippen molar-refractivity contribution in [2.24, 2.45) is 0 Å². The number of carboxylic acid groups (broad SMARTS) is 1. The molecule has 1 aliphatic rings. The average Bonchev–Trinajstić information content (AvgIpc) is 2.92. The number of hydrogen-bond donors (Lipinski definition) is 1. The largest absolute Gasteiger partial charge is 1.00 e. The van der Waals surface area contributed by atoms with Crippen LogP contribution in [0.4, 0.5) is 0 Å². The fourth-order valence-corrected chi connectivity index (χ4v) is 4.69. The third kappa shape index (κ3) is 5.64. The summed E-state index contributed by atoms with van der Waals surface area (Å²) >= 11 is 0. The van der Waals surface area contributed by atoms with E-state index >= 15 is 0 Å². The minimum Gasteiger partial charge on any atom is -0.550 e. The second-order valence-electron chi connectivity index (χ2n) is 8.90. The van der Waals surface area contributed by atoms with E-state index in [1.165, 1.54) is 0 Å². The molecule has 1 N–H and O–H groups in total. The molecule has 4 aromatic rings. The van der Waals surface area contributed by atoms with Gasteiger partial charge >= 0.3 is 29.6 Å². The summed E-state index contributed by atoms with van der Waals surface area (Å²) in [5.41, 5.74) is 2.89. The summed E-state index contributed by atoms with van der Waals surface area (Å²) in [6.07, 6.45) is 5.28. The molecule has 0 atom stereocenters. The van der Waals surface area contributed by atoms with E-state index in [4.69, 9.17) is 4.74 Å². The van der Waals surface area contributed by atoms with Gasteiger partial charge in [-0.2, -0.15) is 0 Å². The second kappa shape index (κ2) is 11.8. The quantitative estimate of drug-likeness (QED) is 0.297. The average molecular weight is 500 g/mol. The van der Waals surface area contributed by atoms with Gasteiger partial charge in [0.1, 0.15) is 5.75 Å². The molecular weight excluding hydrogens is 473 g/mol. The van der Waals surface area contributed by atoms with Crippen LogP contribution in [0.3, 0.4) is 0 Å². The summed E-state index contributed by atoms with van der Waals surface area (Å²) in [6, 6.07) is 29.9. The van der Waals surface area contributed by atoms with E-state index < -0.39 is 11.6 Å². The van der Waals surface area contributed by atoms with E-state index in [2.05, 4.69) is 41.7 Å². The van der Waals surface area contributed by atoms with Crippen LogP contribution in [0.2, 0.25) is 0 Å². The van der Waals surface area contributed by atoms with Gasteiger partial charge in [0.15, 0.2) is 5.60 Å². The molecule has 4 aromatic carbocycles. The van der Waals surface area contributed by atoms with E-state index in [9.17, 15) is 14.7 Å². The Labute approximate surface area is 238 Å². The van der Waals surface area contributed by atoms with Crippen molar-refractivity contribution in [2.45, 2.75) is 24.9 Å². The molecule has 0 bridgehead atoms. The van der Waals surface area contributed by atoms with Crippen LogP contribution in [0.15, 0.2) is 97.1 Å². The second-order valence-corrected chi connectivity index (χ2v) is 8.90. The smallest absolute Gasteiger partial charge is 0.550 e. The van der Waals surface area contributed by atoms with Crippen LogP contribution in [0.25, 0.3) is 16.8 Å². The number of nitrogens with one attached hydrogen (secondary N) is 1. The number of aliphatic carboxylic acids is 1. The Kier molecular flexibility index (Phi) is 8.49. The van der Waals surface area contributed by atoms with Crippen LogP contribution >= 0.6 is 0 Å². The van der Waals surface area contributed by atoms with Crippen molar-refractivity contribution in [1.82, 2.24) is 5.32 Å². The molecule has 0 spiro atoms. The van der Waals surface area contributed by atoms with Crippen LogP contribution < -0.4 is 44.7 Å². The molecule has 37 heavy (non-hydrogen) atoms. The van der Waals surface area contributed by atoms with Gasteiger partial charge in [-0.3, -0.25) is 4.79 Å². The van der Waals surface area contributed by atoms with E-state index in [1.807, 2.05) is 66.7 Å². The standard InChI is InChI=1S/C31H27NO4.Na/c33-29(34)13-7-8-20-32-30(35)23-14-16-26-22(21-23)15-17-28-27(26)18-19-31(36-28,24-9-3-1-4-10-24)25-11-5-2-6-12-25;/h1-6,9-12,14-19,21H,7-8,13,20H2,(H,32,35)(H,33,34);/q;+1/p-1. The number of ether oxygens (including phenoxy) is 1. The molecular formula is C31H26NNaO4. The number of amides is 1. The molecule has 5 nitrogen and oxygen atoms in total. The molecule has 0 aliphatic carbocycles. The molecule has 6 heteroatoms. The molecule has 0 radical (unpaired) electrons. The minimum absolute atomic E-state index is 0. The minimum atomic E-state index is -1.07. The van der Waals surface area contributed by atoms with Gasteiger partial charge in [-0.25, -0.2) is 0 Å². The first-order chi connectivity index (χ1) is 17.6. The summed E-state index contributed by atoms with van der Waals surface area (Å²) in [5, 5.41) is 15.3. The van der Waals surface area contributed by atoms with Crippen LogP contribution in [0.1, 0.15) is 46.3 Å². The van der Waals surface area contributed by atoms with Crippen molar-refractivity contribution in [3.63, 3.8) is 0 Å².